The molecule has 1 aromatic heterocycles. The molecular weight excluding hydrogens is 250 g/mol. The molecular formula is C16H25N3O. The third-order valence-corrected chi connectivity index (χ3v) is 6.13. The van der Waals surface area contributed by atoms with Crippen LogP contribution in [0.4, 0.5) is 0 Å². The molecule has 20 heavy (non-hydrogen) atoms. The second kappa shape index (κ2) is 4.83. The van der Waals surface area contributed by atoms with Crippen molar-refractivity contribution in [2.24, 2.45) is 29.6 Å². The summed E-state index contributed by atoms with van der Waals surface area (Å²) in [4.78, 5) is 4.33. The van der Waals surface area contributed by atoms with E-state index in [1.807, 2.05) is 4.68 Å². The van der Waals surface area contributed by atoms with Gasteiger partial charge in [0.1, 0.15) is 12.2 Å². The number of nitrogens with zero attached hydrogens (tertiary/aromatic N) is 3. The van der Waals surface area contributed by atoms with Gasteiger partial charge in [-0.1, -0.05) is 0 Å². The largest absolute Gasteiger partial charge is 0.392 e. The Morgan fingerprint density at radius 2 is 1.85 bits per heavy atom. The van der Waals surface area contributed by atoms with Gasteiger partial charge in [0.15, 0.2) is 0 Å². The van der Waals surface area contributed by atoms with E-state index in [0.717, 1.165) is 36.0 Å². The maximum absolute atomic E-state index is 10.8. The highest BCUT2D eigenvalue weighted by atomic mass is 16.3. The first-order chi connectivity index (χ1) is 9.74. The normalized spacial score (nSPS) is 40.2. The lowest BCUT2D eigenvalue weighted by atomic mass is 9.50. The van der Waals surface area contributed by atoms with Gasteiger partial charge in [-0.15, -0.1) is 0 Å². The summed E-state index contributed by atoms with van der Waals surface area (Å²) in [6.45, 7) is 2.91. The van der Waals surface area contributed by atoms with Crippen LogP contribution in [-0.2, 0) is 13.0 Å². The number of aromatic nitrogens is 3. The third kappa shape index (κ3) is 2.00. The van der Waals surface area contributed by atoms with Crippen molar-refractivity contribution in [3.63, 3.8) is 0 Å². The molecule has 4 heteroatoms. The Bertz CT molecular complexity index is 456. The Morgan fingerprint density at radius 3 is 2.45 bits per heavy atom. The topological polar surface area (TPSA) is 50.9 Å². The van der Waals surface area contributed by atoms with Crippen molar-refractivity contribution in [3.05, 3.63) is 12.2 Å². The fourth-order valence-corrected chi connectivity index (χ4v) is 5.63. The molecule has 4 nitrogen and oxygen atoms in total. The fraction of sp³-hybridized carbons (Fsp3) is 0.875. The van der Waals surface area contributed by atoms with Crippen molar-refractivity contribution in [2.75, 3.05) is 0 Å². The maximum Gasteiger partial charge on any atom is 0.138 e. The molecule has 0 aliphatic heterocycles. The maximum atomic E-state index is 10.8. The third-order valence-electron chi connectivity index (χ3n) is 6.13. The molecule has 4 fully saturated rings. The summed E-state index contributed by atoms with van der Waals surface area (Å²) in [5.41, 5.74) is 0. The SMILES string of the molecule is CCn1ncnc1CC(O)C1C2CC3CC(C2)CC1C3. The smallest absolute Gasteiger partial charge is 0.138 e. The lowest BCUT2D eigenvalue weighted by Crippen LogP contribution is -2.49. The van der Waals surface area contributed by atoms with E-state index in [9.17, 15) is 5.11 Å². The van der Waals surface area contributed by atoms with Gasteiger partial charge in [-0.2, -0.15) is 5.10 Å². The van der Waals surface area contributed by atoms with Gasteiger partial charge >= 0.3 is 0 Å². The van der Waals surface area contributed by atoms with Gasteiger partial charge in [0.05, 0.1) is 6.10 Å². The quantitative estimate of drug-likeness (QED) is 0.917. The van der Waals surface area contributed by atoms with Crippen LogP contribution >= 0.6 is 0 Å². The van der Waals surface area contributed by atoms with E-state index >= 15 is 0 Å². The average molecular weight is 275 g/mol. The van der Waals surface area contributed by atoms with Gasteiger partial charge in [-0.25, -0.2) is 4.98 Å². The molecule has 0 aromatic carbocycles. The van der Waals surface area contributed by atoms with Crippen molar-refractivity contribution >= 4 is 0 Å². The van der Waals surface area contributed by atoms with Crippen LogP contribution < -0.4 is 0 Å². The fourth-order valence-electron chi connectivity index (χ4n) is 5.63. The molecule has 1 heterocycles. The highest BCUT2D eigenvalue weighted by molar-refractivity contribution is 5.02. The molecule has 0 radical (unpaired) electrons. The molecule has 4 saturated carbocycles. The molecule has 5 rings (SSSR count). The number of aliphatic hydroxyl groups is 1. The Kier molecular flexibility index (Phi) is 3.09. The first kappa shape index (κ1) is 12.8. The van der Waals surface area contributed by atoms with E-state index in [1.165, 1.54) is 32.1 Å². The Balaban J connectivity index is 1.50. The Hall–Kier alpha value is -0.900. The van der Waals surface area contributed by atoms with Crippen LogP contribution in [0.2, 0.25) is 0 Å². The molecule has 4 aliphatic carbocycles. The van der Waals surface area contributed by atoms with Gasteiger partial charge in [0.25, 0.3) is 0 Å². The summed E-state index contributed by atoms with van der Waals surface area (Å²) in [7, 11) is 0. The van der Waals surface area contributed by atoms with E-state index < -0.39 is 0 Å². The summed E-state index contributed by atoms with van der Waals surface area (Å²) in [6.07, 6.45) is 9.03. The minimum Gasteiger partial charge on any atom is -0.392 e. The summed E-state index contributed by atoms with van der Waals surface area (Å²) in [6, 6.07) is 0. The van der Waals surface area contributed by atoms with Gasteiger partial charge in [0.2, 0.25) is 0 Å². The molecule has 1 N–H and O–H groups in total. The summed E-state index contributed by atoms with van der Waals surface area (Å²) in [5.74, 6) is 4.97. The second-order valence-corrected chi connectivity index (χ2v) is 7.27. The lowest BCUT2D eigenvalue weighted by molar-refractivity contribution is -0.0893. The second-order valence-electron chi connectivity index (χ2n) is 7.27. The van der Waals surface area contributed by atoms with Crippen LogP contribution in [0.15, 0.2) is 6.33 Å². The van der Waals surface area contributed by atoms with E-state index in [2.05, 4.69) is 17.0 Å². The van der Waals surface area contributed by atoms with Crippen molar-refractivity contribution in [1.29, 1.82) is 0 Å². The van der Waals surface area contributed by atoms with E-state index in [-0.39, 0.29) is 6.10 Å². The molecule has 0 saturated heterocycles. The number of rotatable bonds is 4. The molecule has 4 aliphatic rings. The molecule has 0 spiro atoms. The first-order valence-corrected chi connectivity index (χ1v) is 8.29. The number of hydrogen-bond acceptors (Lipinski definition) is 3. The highest BCUT2D eigenvalue weighted by Gasteiger charge is 2.50. The van der Waals surface area contributed by atoms with Crippen molar-refractivity contribution in [3.8, 4) is 0 Å². The van der Waals surface area contributed by atoms with Crippen molar-refractivity contribution in [2.45, 2.75) is 58.1 Å². The number of aliphatic hydroxyl groups excluding tert-OH is 1. The highest BCUT2D eigenvalue weighted by Crippen LogP contribution is 2.57. The van der Waals surface area contributed by atoms with Crippen LogP contribution in [0.1, 0.15) is 44.9 Å². The van der Waals surface area contributed by atoms with Crippen molar-refractivity contribution in [1.82, 2.24) is 14.8 Å². The molecule has 1 atom stereocenters. The van der Waals surface area contributed by atoms with E-state index in [4.69, 9.17) is 0 Å². The molecule has 1 unspecified atom stereocenters. The zero-order valence-corrected chi connectivity index (χ0v) is 12.3. The number of aryl methyl sites for hydroxylation is 1. The molecule has 1 aromatic rings. The van der Waals surface area contributed by atoms with E-state index in [1.54, 1.807) is 6.33 Å². The molecule has 0 amide bonds. The Morgan fingerprint density at radius 1 is 1.20 bits per heavy atom. The Labute approximate surface area is 120 Å². The van der Waals surface area contributed by atoms with E-state index in [0.29, 0.717) is 12.3 Å². The zero-order chi connectivity index (χ0) is 13.7. The lowest BCUT2D eigenvalue weighted by Gasteiger charge is -2.55. The average Bonchev–Trinajstić information content (AvgIpc) is 2.84. The minimum absolute atomic E-state index is 0.223. The van der Waals surface area contributed by atoms with Crippen LogP contribution in [0.25, 0.3) is 0 Å². The van der Waals surface area contributed by atoms with Crippen LogP contribution in [0, 0.1) is 29.6 Å². The number of hydrogen-bond donors (Lipinski definition) is 1. The first-order valence-electron chi connectivity index (χ1n) is 8.29. The molecule has 110 valence electrons. The standard InChI is InChI=1S/C16H25N3O/c1-2-19-15(17-9-18-19)8-14(20)16-12-4-10-3-11(6-12)7-13(16)5-10/h9-14,16,20H,2-8H2,1H3. The van der Waals surface area contributed by atoms with Gasteiger partial charge < -0.3 is 5.11 Å². The summed E-state index contributed by atoms with van der Waals surface area (Å²) >= 11 is 0. The predicted octanol–water partition coefficient (Wildman–Crippen LogP) is 2.27. The van der Waals surface area contributed by atoms with Crippen LogP contribution in [-0.4, -0.2) is 26.0 Å². The minimum atomic E-state index is -0.223. The zero-order valence-electron chi connectivity index (χ0n) is 12.3. The summed E-state index contributed by atoms with van der Waals surface area (Å²) < 4.78 is 1.92. The van der Waals surface area contributed by atoms with Crippen LogP contribution in [0.3, 0.4) is 0 Å². The van der Waals surface area contributed by atoms with Gasteiger partial charge in [-0.3, -0.25) is 4.68 Å². The van der Waals surface area contributed by atoms with Crippen molar-refractivity contribution < 1.29 is 5.11 Å². The van der Waals surface area contributed by atoms with Crippen LogP contribution in [0.5, 0.6) is 0 Å². The van der Waals surface area contributed by atoms with Gasteiger partial charge in [-0.05, 0) is 68.6 Å². The molecule has 4 bridgehead atoms. The van der Waals surface area contributed by atoms with Gasteiger partial charge in [0, 0.05) is 13.0 Å². The summed E-state index contributed by atoms with van der Waals surface area (Å²) in [5, 5.41) is 15.0. The monoisotopic (exact) mass is 275 g/mol. The predicted molar refractivity (Wildman–Crippen MR) is 75.9 cm³/mol.